The fraction of sp³-hybridized carbons (Fsp3) is 0.300. The predicted octanol–water partition coefficient (Wildman–Crippen LogP) is 3.54. The molecule has 2 aromatic rings. The zero-order chi connectivity index (χ0) is 17.5. The lowest BCUT2D eigenvalue weighted by atomic mass is 10.1. The number of para-hydroxylation sites is 1. The second-order valence-corrected chi connectivity index (χ2v) is 5.72. The van der Waals surface area contributed by atoms with Crippen LogP contribution in [-0.4, -0.2) is 23.3 Å². The van der Waals surface area contributed by atoms with Gasteiger partial charge in [-0.15, -0.1) is 0 Å². The normalized spacial score (nSPS) is 10.3. The van der Waals surface area contributed by atoms with Gasteiger partial charge in [0.2, 0.25) is 0 Å². The second kappa shape index (κ2) is 8.29. The molecule has 0 heterocycles. The molecule has 4 nitrogen and oxygen atoms in total. The van der Waals surface area contributed by atoms with Crippen LogP contribution in [0.5, 0.6) is 0 Å². The van der Waals surface area contributed by atoms with Gasteiger partial charge in [-0.3, -0.25) is 9.59 Å². The molecular formula is C20H24N2O2. The number of hydrogen-bond donors (Lipinski definition) is 1. The van der Waals surface area contributed by atoms with E-state index < -0.39 is 11.8 Å². The summed E-state index contributed by atoms with van der Waals surface area (Å²) < 4.78 is 0. The van der Waals surface area contributed by atoms with Crippen molar-refractivity contribution in [2.45, 2.75) is 33.7 Å². The van der Waals surface area contributed by atoms with Gasteiger partial charge < -0.3 is 10.2 Å². The monoisotopic (exact) mass is 324 g/mol. The number of carbonyl (C=O) groups is 2. The van der Waals surface area contributed by atoms with Crippen LogP contribution in [0.25, 0.3) is 0 Å². The van der Waals surface area contributed by atoms with Crippen LogP contribution in [0, 0.1) is 6.92 Å². The number of aryl methyl sites for hydroxylation is 2. The van der Waals surface area contributed by atoms with Crippen molar-refractivity contribution in [1.82, 2.24) is 4.90 Å². The molecule has 0 aromatic heterocycles. The number of carbonyl (C=O) groups excluding carboxylic acids is 2. The number of benzene rings is 2. The molecule has 2 aromatic carbocycles. The summed E-state index contributed by atoms with van der Waals surface area (Å²) in [6.07, 6.45) is 0.799. The number of rotatable bonds is 5. The SMILES string of the molecule is CCc1cccc(C)c1NC(=O)C(=O)N(CC)Cc1ccccc1. The molecule has 0 aliphatic carbocycles. The Morgan fingerprint density at radius 2 is 1.71 bits per heavy atom. The van der Waals surface area contributed by atoms with E-state index in [2.05, 4.69) is 5.32 Å². The van der Waals surface area contributed by atoms with Crippen LogP contribution in [0.2, 0.25) is 0 Å². The minimum atomic E-state index is -0.586. The van der Waals surface area contributed by atoms with Crippen molar-refractivity contribution in [2.24, 2.45) is 0 Å². The second-order valence-electron chi connectivity index (χ2n) is 5.72. The van der Waals surface area contributed by atoms with E-state index in [0.717, 1.165) is 28.8 Å². The summed E-state index contributed by atoms with van der Waals surface area (Å²) in [5, 5.41) is 2.80. The number of amides is 2. The average Bonchev–Trinajstić information content (AvgIpc) is 2.61. The molecule has 0 aliphatic heterocycles. The van der Waals surface area contributed by atoms with E-state index in [1.165, 1.54) is 0 Å². The highest BCUT2D eigenvalue weighted by molar-refractivity contribution is 6.39. The molecule has 0 saturated carbocycles. The molecule has 24 heavy (non-hydrogen) atoms. The topological polar surface area (TPSA) is 49.4 Å². The Kier molecular flexibility index (Phi) is 6.13. The fourth-order valence-corrected chi connectivity index (χ4v) is 2.64. The van der Waals surface area contributed by atoms with Gasteiger partial charge in [-0.1, -0.05) is 55.5 Å². The Morgan fingerprint density at radius 1 is 1.00 bits per heavy atom. The first-order valence-corrected chi connectivity index (χ1v) is 8.29. The number of hydrogen-bond acceptors (Lipinski definition) is 2. The number of likely N-dealkylation sites (N-methyl/N-ethyl adjacent to an activating group) is 1. The van der Waals surface area contributed by atoms with Gasteiger partial charge in [-0.2, -0.15) is 0 Å². The van der Waals surface area contributed by atoms with Gasteiger partial charge in [0.25, 0.3) is 0 Å². The van der Waals surface area contributed by atoms with E-state index in [0.29, 0.717) is 13.1 Å². The van der Waals surface area contributed by atoms with Gasteiger partial charge in [0, 0.05) is 18.8 Å². The molecule has 0 bridgehead atoms. The van der Waals surface area contributed by atoms with Gasteiger partial charge in [0.15, 0.2) is 0 Å². The Hall–Kier alpha value is -2.62. The van der Waals surface area contributed by atoms with Crippen molar-refractivity contribution in [1.29, 1.82) is 0 Å². The zero-order valence-corrected chi connectivity index (χ0v) is 14.5. The Balaban J connectivity index is 2.12. The lowest BCUT2D eigenvalue weighted by molar-refractivity contribution is -0.143. The Bertz CT molecular complexity index is 711. The van der Waals surface area contributed by atoms with E-state index >= 15 is 0 Å². The smallest absolute Gasteiger partial charge is 0.313 e. The van der Waals surface area contributed by atoms with Gasteiger partial charge in [0.05, 0.1) is 0 Å². The number of anilines is 1. The maximum atomic E-state index is 12.5. The maximum absolute atomic E-state index is 12.5. The first kappa shape index (κ1) is 17.7. The van der Waals surface area contributed by atoms with E-state index in [1.54, 1.807) is 4.90 Å². The summed E-state index contributed by atoms with van der Waals surface area (Å²) in [4.78, 5) is 26.5. The maximum Gasteiger partial charge on any atom is 0.313 e. The molecule has 0 spiro atoms. The summed E-state index contributed by atoms with van der Waals surface area (Å²) in [6, 6.07) is 15.5. The van der Waals surface area contributed by atoms with Crippen molar-refractivity contribution in [2.75, 3.05) is 11.9 Å². The van der Waals surface area contributed by atoms with Crippen LogP contribution >= 0.6 is 0 Å². The van der Waals surface area contributed by atoms with Crippen LogP contribution < -0.4 is 5.32 Å². The molecule has 0 fully saturated rings. The van der Waals surface area contributed by atoms with Crippen LogP contribution in [0.4, 0.5) is 5.69 Å². The third-order valence-electron chi connectivity index (χ3n) is 4.06. The lowest BCUT2D eigenvalue weighted by Crippen LogP contribution is -2.39. The van der Waals surface area contributed by atoms with Crippen LogP contribution in [0.3, 0.4) is 0 Å². The molecule has 2 rings (SSSR count). The van der Waals surface area contributed by atoms with Crippen LogP contribution in [0.1, 0.15) is 30.5 Å². The van der Waals surface area contributed by atoms with Crippen molar-refractivity contribution < 1.29 is 9.59 Å². The van der Waals surface area contributed by atoms with E-state index in [9.17, 15) is 9.59 Å². The summed E-state index contributed by atoms with van der Waals surface area (Å²) >= 11 is 0. The van der Waals surface area contributed by atoms with E-state index in [-0.39, 0.29) is 0 Å². The summed E-state index contributed by atoms with van der Waals surface area (Å²) in [5.74, 6) is -1.09. The quantitative estimate of drug-likeness (QED) is 0.855. The largest absolute Gasteiger partial charge is 0.330 e. The highest BCUT2D eigenvalue weighted by Gasteiger charge is 2.22. The molecule has 0 unspecified atom stereocenters. The van der Waals surface area contributed by atoms with Crippen molar-refractivity contribution in [3.05, 3.63) is 65.2 Å². The molecular weight excluding hydrogens is 300 g/mol. The molecule has 1 N–H and O–H groups in total. The lowest BCUT2D eigenvalue weighted by Gasteiger charge is -2.21. The highest BCUT2D eigenvalue weighted by atomic mass is 16.2. The van der Waals surface area contributed by atoms with E-state index in [4.69, 9.17) is 0 Å². The summed E-state index contributed by atoms with van der Waals surface area (Å²) in [7, 11) is 0. The molecule has 4 heteroatoms. The average molecular weight is 324 g/mol. The third kappa shape index (κ3) is 4.22. The molecule has 0 radical (unpaired) electrons. The molecule has 0 aliphatic rings. The fourth-order valence-electron chi connectivity index (χ4n) is 2.64. The van der Waals surface area contributed by atoms with Gasteiger partial charge >= 0.3 is 11.8 Å². The minimum absolute atomic E-state index is 0.429. The first-order valence-electron chi connectivity index (χ1n) is 8.29. The Morgan fingerprint density at radius 3 is 2.33 bits per heavy atom. The van der Waals surface area contributed by atoms with Crippen molar-refractivity contribution >= 4 is 17.5 Å². The third-order valence-corrected chi connectivity index (χ3v) is 4.06. The summed E-state index contributed by atoms with van der Waals surface area (Å²) in [5.41, 5.74) is 3.74. The van der Waals surface area contributed by atoms with Crippen LogP contribution in [0.15, 0.2) is 48.5 Å². The number of nitrogens with zero attached hydrogens (tertiary/aromatic N) is 1. The van der Waals surface area contributed by atoms with Crippen LogP contribution in [-0.2, 0) is 22.6 Å². The predicted molar refractivity (Wildman–Crippen MR) is 96.7 cm³/mol. The summed E-state index contributed by atoms with van der Waals surface area (Å²) in [6.45, 7) is 6.74. The molecule has 126 valence electrons. The van der Waals surface area contributed by atoms with Gasteiger partial charge in [-0.05, 0) is 37.0 Å². The van der Waals surface area contributed by atoms with Gasteiger partial charge in [-0.25, -0.2) is 0 Å². The molecule has 0 atom stereocenters. The number of nitrogens with one attached hydrogen (secondary N) is 1. The molecule has 0 saturated heterocycles. The minimum Gasteiger partial charge on any atom is -0.330 e. The zero-order valence-electron chi connectivity index (χ0n) is 14.5. The van der Waals surface area contributed by atoms with Crippen molar-refractivity contribution in [3.63, 3.8) is 0 Å². The highest BCUT2D eigenvalue weighted by Crippen LogP contribution is 2.21. The Labute approximate surface area is 143 Å². The molecule has 2 amide bonds. The van der Waals surface area contributed by atoms with Crippen molar-refractivity contribution in [3.8, 4) is 0 Å². The standard InChI is InChI=1S/C20H24N2O2/c1-4-17-13-9-10-15(3)18(17)21-19(23)20(24)22(5-2)14-16-11-7-6-8-12-16/h6-13H,4-5,14H2,1-3H3,(H,21,23). The van der Waals surface area contributed by atoms with Gasteiger partial charge in [0.1, 0.15) is 0 Å². The van der Waals surface area contributed by atoms with E-state index in [1.807, 2.05) is 69.3 Å². The first-order chi connectivity index (χ1) is 11.6.